The second kappa shape index (κ2) is 9.34. The quantitative estimate of drug-likeness (QED) is 0.513. The van der Waals surface area contributed by atoms with Crippen LogP contribution in [-0.2, 0) is 10.5 Å². The van der Waals surface area contributed by atoms with Crippen molar-refractivity contribution in [2.24, 2.45) is 5.41 Å². The molecule has 3 aromatic rings. The first-order chi connectivity index (χ1) is 14.6. The van der Waals surface area contributed by atoms with Gasteiger partial charge in [-0.05, 0) is 50.2 Å². The summed E-state index contributed by atoms with van der Waals surface area (Å²) >= 11 is 1.46. The highest BCUT2D eigenvalue weighted by atomic mass is 32.2. The van der Waals surface area contributed by atoms with Gasteiger partial charge >= 0.3 is 0 Å². The second-order valence-electron chi connectivity index (χ2n) is 8.18. The number of aromatic nitrogens is 2. The molecule has 3 rings (SSSR count). The fraction of sp³-hybridized carbons (Fsp3) is 0.304. The molecule has 2 amide bonds. The standard InChI is InChI=1S/C23H26N4O3S/c1-14-19(15(2)30-27-14)13-31-21-18(7-6-12-24-21)20(28)25-16-8-10-17(11-9-16)26-22(29)23(3,4)5/h6-12H,13H2,1-5H3,(H,25,28)(H,26,29). The number of aryl methyl sites for hydroxylation is 2. The average molecular weight is 439 g/mol. The molecule has 0 saturated heterocycles. The van der Waals surface area contributed by atoms with E-state index in [9.17, 15) is 9.59 Å². The highest BCUT2D eigenvalue weighted by molar-refractivity contribution is 7.98. The van der Waals surface area contributed by atoms with Crippen LogP contribution in [0.1, 0.15) is 48.1 Å². The van der Waals surface area contributed by atoms with Crippen LogP contribution in [0.15, 0.2) is 52.1 Å². The summed E-state index contributed by atoms with van der Waals surface area (Å²) in [4.78, 5) is 29.3. The number of pyridine rings is 1. The van der Waals surface area contributed by atoms with Crippen molar-refractivity contribution >= 4 is 35.0 Å². The van der Waals surface area contributed by atoms with Crippen LogP contribution in [-0.4, -0.2) is 22.0 Å². The van der Waals surface area contributed by atoms with Crippen LogP contribution >= 0.6 is 11.8 Å². The van der Waals surface area contributed by atoms with E-state index in [1.807, 2.05) is 34.6 Å². The molecule has 162 valence electrons. The average Bonchev–Trinajstić information content (AvgIpc) is 3.04. The number of carbonyl (C=O) groups excluding carboxylic acids is 2. The molecule has 0 aliphatic carbocycles. The van der Waals surface area contributed by atoms with Crippen LogP contribution in [0.25, 0.3) is 0 Å². The molecule has 0 fully saturated rings. The molecule has 31 heavy (non-hydrogen) atoms. The fourth-order valence-electron chi connectivity index (χ4n) is 2.68. The van der Waals surface area contributed by atoms with E-state index in [0.29, 0.717) is 27.7 Å². The van der Waals surface area contributed by atoms with E-state index in [2.05, 4.69) is 20.8 Å². The zero-order valence-corrected chi connectivity index (χ0v) is 19.1. The number of hydrogen-bond donors (Lipinski definition) is 2. The van der Waals surface area contributed by atoms with Gasteiger partial charge in [-0.1, -0.05) is 25.9 Å². The fourth-order valence-corrected chi connectivity index (χ4v) is 3.83. The van der Waals surface area contributed by atoms with Crippen LogP contribution in [0.3, 0.4) is 0 Å². The highest BCUT2D eigenvalue weighted by Crippen LogP contribution is 2.28. The molecule has 0 spiro atoms. The molecule has 0 unspecified atom stereocenters. The van der Waals surface area contributed by atoms with Crippen molar-refractivity contribution in [1.29, 1.82) is 0 Å². The highest BCUT2D eigenvalue weighted by Gasteiger charge is 2.21. The van der Waals surface area contributed by atoms with Gasteiger partial charge in [0.2, 0.25) is 5.91 Å². The van der Waals surface area contributed by atoms with Crippen molar-refractivity contribution in [3.63, 3.8) is 0 Å². The molecular formula is C23H26N4O3S. The molecule has 1 aromatic carbocycles. The van der Waals surface area contributed by atoms with Crippen LogP contribution in [0, 0.1) is 19.3 Å². The molecule has 0 saturated carbocycles. The summed E-state index contributed by atoms with van der Waals surface area (Å²) in [7, 11) is 0. The molecule has 0 atom stereocenters. The van der Waals surface area contributed by atoms with Gasteiger partial charge < -0.3 is 15.2 Å². The summed E-state index contributed by atoms with van der Waals surface area (Å²) in [6.07, 6.45) is 1.67. The Morgan fingerprint density at radius 3 is 2.26 bits per heavy atom. The maximum atomic E-state index is 12.9. The molecule has 7 nitrogen and oxygen atoms in total. The van der Waals surface area contributed by atoms with Crippen molar-refractivity contribution in [1.82, 2.24) is 10.1 Å². The van der Waals surface area contributed by atoms with E-state index in [4.69, 9.17) is 4.52 Å². The maximum absolute atomic E-state index is 12.9. The minimum Gasteiger partial charge on any atom is -0.361 e. The number of rotatable bonds is 6. The smallest absolute Gasteiger partial charge is 0.258 e. The number of nitrogens with zero attached hydrogens (tertiary/aromatic N) is 2. The first kappa shape index (κ1) is 22.6. The van der Waals surface area contributed by atoms with Gasteiger partial charge in [0.05, 0.1) is 11.3 Å². The minimum atomic E-state index is -0.481. The molecule has 2 N–H and O–H groups in total. The Morgan fingerprint density at radius 1 is 1.03 bits per heavy atom. The first-order valence-corrected chi connectivity index (χ1v) is 10.9. The monoisotopic (exact) mass is 438 g/mol. The van der Waals surface area contributed by atoms with E-state index in [1.54, 1.807) is 42.6 Å². The van der Waals surface area contributed by atoms with Gasteiger partial charge in [0.15, 0.2) is 0 Å². The van der Waals surface area contributed by atoms with Crippen molar-refractivity contribution < 1.29 is 14.1 Å². The number of amides is 2. The summed E-state index contributed by atoms with van der Waals surface area (Å²) in [6.45, 7) is 9.33. The van der Waals surface area contributed by atoms with E-state index < -0.39 is 5.41 Å². The molecule has 0 aliphatic heterocycles. The lowest BCUT2D eigenvalue weighted by molar-refractivity contribution is -0.123. The van der Waals surface area contributed by atoms with Gasteiger partial charge in [-0.15, -0.1) is 11.8 Å². The van der Waals surface area contributed by atoms with Crippen molar-refractivity contribution in [2.45, 2.75) is 45.4 Å². The Balaban J connectivity index is 1.67. The second-order valence-corrected chi connectivity index (χ2v) is 9.15. The third-order valence-electron chi connectivity index (χ3n) is 4.63. The number of carbonyl (C=O) groups is 2. The zero-order chi connectivity index (χ0) is 22.6. The van der Waals surface area contributed by atoms with Crippen molar-refractivity contribution in [3.8, 4) is 0 Å². The minimum absolute atomic E-state index is 0.0698. The lowest BCUT2D eigenvalue weighted by atomic mass is 9.95. The SMILES string of the molecule is Cc1noc(C)c1CSc1ncccc1C(=O)Nc1ccc(NC(=O)C(C)(C)C)cc1. The first-order valence-electron chi connectivity index (χ1n) is 9.87. The van der Waals surface area contributed by atoms with Gasteiger partial charge in [-0.25, -0.2) is 4.98 Å². The van der Waals surface area contributed by atoms with Crippen molar-refractivity contribution in [2.75, 3.05) is 10.6 Å². The van der Waals surface area contributed by atoms with Crippen molar-refractivity contribution in [3.05, 3.63) is 65.2 Å². The normalized spacial score (nSPS) is 11.3. The van der Waals surface area contributed by atoms with Crippen LogP contribution < -0.4 is 10.6 Å². The maximum Gasteiger partial charge on any atom is 0.258 e. The van der Waals surface area contributed by atoms with E-state index in [0.717, 1.165) is 17.0 Å². The number of benzene rings is 1. The van der Waals surface area contributed by atoms with Gasteiger partial charge in [0.1, 0.15) is 10.8 Å². The largest absolute Gasteiger partial charge is 0.361 e. The van der Waals surface area contributed by atoms with Gasteiger partial charge in [-0.2, -0.15) is 0 Å². The van der Waals surface area contributed by atoms with E-state index in [1.165, 1.54) is 11.8 Å². The Hall–Kier alpha value is -3.13. The molecule has 0 radical (unpaired) electrons. The van der Waals surface area contributed by atoms with E-state index >= 15 is 0 Å². The van der Waals surface area contributed by atoms with Gasteiger partial charge in [0.25, 0.3) is 5.91 Å². The summed E-state index contributed by atoms with van der Waals surface area (Å²) in [5.41, 5.74) is 3.16. The third kappa shape index (κ3) is 5.73. The topological polar surface area (TPSA) is 97.1 Å². The van der Waals surface area contributed by atoms with Crippen LogP contribution in [0.5, 0.6) is 0 Å². The lowest BCUT2D eigenvalue weighted by Crippen LogP contribution is -2.27. The Morgan fingerprint density at radius 2 is 1.68 bits per heavy atom. The Labute approximate surface area is 186 Å². The molecule has 0 bridgehead atoms. The van der Waals surface area contributed by atoms with Gasteiger partial charge in [-0.3, -0.25) is 9.59 Å². The lowest BCUT2D eigenvalue weighted by Gasteiger charge is -2.17. The number of hydrogen-bond acceptors (Lipinski definition) is 6. The molecule has 2 heterocycles. The number of nitrogens with one attached hydrogen (secondary N) is 2. The number of anilines is 2. The van der Waals surface area contributed by atoms with Gasteiger partial charge in [0, 0.05) is 34.3 Å². The molecule has 2 aromatic heterocycles. The predicted molar refractivity (Wildman–Crippen MR) is 122 cm³/mol. The van der Waals surface area contributed by atoms with E-state index in [-0.39, 0.29) is 11.8 Å². The number of thioether (sulfide) groups is 1. The molecule has 8 heteroatoms. The zero-order valence-electron chi connectivity index (χ0n) is 18.3. The summed E-state index contributed by atoms with van der Waals surface area (Å²) in [5.74, 6) is 1.06. The summed E-state index contributed by atoms with van der Waals surface area (Å²) in [6, 6.07) is 10.5. The Kier molecular flexibility index (Phi) is 6.80. The molecular weight excluding hydrogens is 412 g/mol. The van der Waals surface area contributed by atoms with Crippen LogP contribution in [0.2, 0.25) is 0 Å². The predicted octanol–water partition coefficient (Wildman–Crippen LogP) is 5.22. The van der Waals surface area contributed by atoms with Crippen LogP contribution in [0.4, 0.5) is 11.4 Å². The third-order valence-corrected chi connectivity index (χ3v) is 5.66. The summed E-state index contributed by atoms with van der Waals surface area (Å²) < 4.78 is 5.20. The Bertz CT molecular complexity index is 1070. The molecule has 0 aliphatic rings. The summed E-state index contributed by atoms with van der Waals surface area (Å²) in [5, 5.41) is 10.4.